The zero-order valence-electron chi connectivity index (χ0n) is 35.9. The molecule has 0 saturated heterocycles. The molecule has 0 aliphatic heterocycles. The Morgan fingerprint density at radius 3 is 1.35 bits per heavy atom. The Hall–Kier alpha value is -8.60. The van der Waals surface area contributed by atoms with Gasteiger partial charge in [0.05, 0.1) is 0 Å². The Kier molecular flexibility index (Phi) is 8.07. The van der Waals surface area contributed by atoms with Gasteiger partial charge in [-0.05, 0) is 122 Å². The Bertz CT molecular complexity index is 4040. The van der Waals surface area contributed by atoms with Crippen LogP contribution in [0.15, 0.2) is 245 Å². The Labute approximate surface area is 380 Å². The highest BCUT2D eigenvalue weighted by atomic mass is 16.4. The third kappa shape index (κ3) is 5.78. The summed E-state index contributed by atoms with van der Waals surface area (Å²) in [6.45, 7) is 0. The molecule has 1 atom stereocenters. The molecule has 4 nitrogen and oxygen atoms in total. The second-order valence-corrected chi connectivity index (χ2v) is 17.7. The molecular formula is C62H40N2O2. The van der Waals surface area contributed by atoms with Crippen LogP contribution in [-0.2, 0) is 0 Å². The fraction of sp³-hybridized carbons (Fsp3) is 0.0323. The maximum absolute atomic E-state index is 7.09. The van der Waals surface area contributed by atoms with Crippen molar-refractivity contribution in [3.05, 3.63) is 236 Å². The van der Waals surface area contributed by atoms with Crippen LogP contribution in [0.5, 0.6) is 0 Å². The standard InChI is InChI=1S/C62H40N2O2/c1-5-15-43-33-47(25-21-39(43)11-1)63(48-26-22-40-12-2-6-16-44(40)34-48)51-29-31-55-57(37-51)65-61-59(55)53-19-9-10-20-54(53)60-56-32-30-52(38-58(56)66-62(60)61)64(49-27-23-41-13-3-7-17-45(41)35-49)50-28-24-42-14-4-8-18-46(42)36-50/h1-35,37-38,46H,36H2. The van der Waals surface area contributed by atoms with E-state index in [-0.39, 0.29) is 0 Å². The summed E-state index contributed by atoms with van der Waals surface area (Å²) >= 11 is 0. The van der Waals surface area contributed by atoms with E-state index in [2.05, 4.69) is 234 Å². The number of allylic oxidation sites excluding steroid dienone is 8. The summed E-state index contributed by atoms with van der Waals surface area (Å²) in [5.41, 5.74) is 11.0. The lowest BCUT2D eigenvalue weighted by atomic mass is 9.86. The summed E-state index contributed by atoms with van der Waals surface area (Å²) in [5.74, 6) is 0.327. The molecule has 66 heavy (non-hydrogen) atoms. The molecule has 10 aromatic carbocycles. The molecule has 1 unspecified atom stereocenters. The van der Waals surface area contributed by atoms with Gasteiger partial charge in [-0.15, -0.1) is 0 Å². The molecule has 2 aliphatic rings. The maximum atomic E-state index is 7.09. The molecule has 14 rings (SSSR count). The molecule has 2 aromatic heterocycles. The van der Waals surface area contributed by atoms with E-state index in [0.717, 1.165) is 89.5 Å². The van der Waals surface area contributed by atoms with Gasteiger partial charge in [0.1, 0.15) is 11.2 Å². The molecule has 0 radical (unpaired) electrons. The predicted octanol–water partition coefficient (Wildman–Crippen LogP) is 17.7. The fourth-order valence-electron chi connectivity index (χ4n) is 10.7. The average Bonchev–Trinajstić information content (AvgIpc) is 3.96. The largest absolute Gasteiger partial charge is 0.452 e. The molecule has 2 heterocycles. The van der Waals surface area contributed by atoms with E-state index in [0.29, 0.717) is 5.92 Å². The number of anilines is 5. The first-order chi connectivity index (χ1) is 32.7. The van der Waals surface area contributed by atoms with Crippen molar-refractivity contribution in [2.24, 2.45) is 5.92 Å². The van der Waals surface area contributed by atoms with E-state index >= 15 is 0 Å². The summed E-state index contributed by atoms with van der Waals surface area (Å²) in [6, 6.07) is 67.9. The van der Waals surface area contributed by atoms with Crippen LogP contribution in [0, 0.1) is 5.92 Å². The van der Waals surface area contributed by atoms with Crippen molar-refractivity contribution >= 4 is 115 Å². The van der Waals surface area contributed by atoms with Gasteiger partial charge in [0.15, 0.2) is 11.2 Å². The van der Waals surface area contributed by atoms with Crippen LogP contribution >= 0.6 is 0 Å². The average molecular weight is 845 g/mol. The minimum absolute atomic E-state index is 0.327. The van der Waals surface area contributed by atoms with Crippen LogP contribution in [0.25, 0.3) is 87.0 Å². The van der Waals surface area contributed by atoms with E-state index in [1.54, 1.807) is 0 Å². The number of rotatable bonds is 6. The van der Waals surface area contributed by atoms with E-state index in [1.807, 2.05) is 0 Å². The number of furan rings is 2. The minimum atomic E-state index is 0.327. The molecule has 0 amide bonds. The Morgan fingerprint density at radius 2 is 0.818 bits per heavy atom. The first kappa shape index (κ1) is 36.8. The van der Waals surface area contributed by atoms with Crippen molar-refractivity contribution < 1.29 is 8.83 Å². The van der Waals surface area contributed by atoms with Crippen LogP contribution < -0.4 is 9.80 Å². The summed E-state index contributed by atoms with van der Waals surface area (Å²) < 4.78 is 14.2. The van der Waals surface area contributed by atoms with Crippen molar-refractivity contribution in [1.82, 2.24) is 0 Å². The van der Waals surface area contributed by atoms with Crippen LogP contribution in [0.4, 0.5) is 28.4 Å². The quantitative estimate of drug-likeness (QED) is 0.167. The smallest absolute Gasteiger partial charge is 0.179 e. The third-order valence-corrected chi connectivity index (χ3v) is 13.9. The highest BCUT2D eigenvalue weighted by Crippen LogP contribution is 2.48. The number of fused-ring (bicyclic) bond motifs is 14. The van der Waals surface area contributed by atoms with Crippen molar-refractivity contribution in [2.75, 3.05) is 9.80 Å². The maximum Gasteiger partial charge on any atom is 0.179 e. The highest BCUT2D eigenvalue weighted by Gasteiger charge is 2.26. The van der Waals surface area contributed by atoms with Gasteiger partial charge in [-0.3, -0.25) is 0 Å². The molecule has 12 aromatic rings. The van der Waals surface area contributed by atoms with Gasteiger partial charge in [0.25, 0.3) is 0 Å². The van der Waals surface area contributed by atoms with E-state index in [9.17, 15) is 0 Å². The number of hydrogen-bond acceptors (Lipinski definition) is 4. The van der Waals surface area contributed by atoms with Gasteiger partial charge in [0, 0.05) is 73.7 Å². The van der Waals surface area contributed by atoms with E-state index in [4.69, 9.17) is 8.83 Å². The molecule has 0 spiro atoms. The van der Waals surface area contributed by atoms with Crippen molar-refractivity contribution in [3.8, 4) is 0 Å². The van der Waals surface area contributed by atoms with E-state index < -0.39 is 0 Å². The molecule has 0 N–H and O–H groups in total. The molecule has 310 valence electrons. The van der Waals surface area contributed by atoms with Crippen LogP contribution in [0.1, 0.15) is 6.42 Å². The van der Waals surface area contributed by atoms with Crippen molar-refractivity contribution in [1.29, 1.82) is 0 Å². The van der Waals surface area contributed by atoms with E-state index in [1.165, 1.54) is 43.6 Å². The molecule has 4 heteroatoms. The highest BCUT2D eigenvalue weighted by molar-refractivity contribution is 6.33. The van der Waals surface area contributed by atoms with Crippen LogP contribution in [0.3, 0.4) is 0 Å². The SMILES string of the molecule is C1=CC2=CC=C(N(c3ccc4ccccc4c3)c3ccc4c(c3)oc3c5oc6cc(N(c7ccc8ccccc8c7)c7ccc8ccccc8c7)ccc6c5c5ccccc5c43)CC2C=C1. The lowest BCUT2D eigenvalue weighted by Crippen LogP contribution is -2.21. The number of nitrogens with zero attached hydrogens (tertiary/aromatic N) is 2. The normalized spacial score (nSPS) is 14.8. The third-order valence-electron chi connectivity index (χ3n) is 13.9. The van der Waals surface area contributed by atoms with Gasteiger partial charge in [0.2, 0.25) is 0 Å². The number of benzene rings is 10. The number of hydrogen-bond donors (Lipinski definition) is 0. The van der Waals surface area contributed by atoms with Gasteiger partial charge < -0.3 is 18.6 Å². The van der Waals surface area contributed by atoms with Crippen LogP contribution in [-0.4, -0.2) is 0 Å². The Morgan fingerprint density at radius 1 is 0.379 bits per heavy atom. The zero-order chi connectivity index (χ0) is 43.3. The molecule has 0 bridgehead atoms. The fourth-order valence-corrected chi connectivity index (χ4v) is 10.7. The molecule has 0 fully saturated rings. The van der Waals surface area contributed by atoms with Crippen molar-refractivity contribution in [3.63, 3.8) is 0 Å². The summed E-state index contributed by atoms with van der Waals surface area (Å²) in [6.07, 6.45) is 14.3. The molecular weight excluding hydrogens is 805 g/mol. The monoisotopic (exact) mass is 844 g/mol. The summed E-state index contributed by atoms with van der Waals surface area (Å²) in [4.78, 5) is 4.74. The molecule has 0 saturated carbocycles. The Balaban J connectivity index is 0.957. The second kappa shape index (κ2) is 14.5. The van der Waals surface area contributed by atoms with Gasteiger partial charge in [-0.25, -0.2) is 0 Å². The predicted molar refractivity (Wildman–Crippen MR) is 277 cm³/mol. The summed E-state index contributed by atoms with van der Waals surface area (Å²) in [5, 5.41) is 13.7. The topological polar surface area (TPSA) is 32.8 Å². The first-order valence-electron chi connectivity index (χ1n) is 22.7. The molecule has 2 aliphatic carbocycles. The van der Waals surface area contributed by atoms with Gasteiger partial charge >= 0.3 is 0 Å². The van der Waals surface area contributed by atoms with Gasteiger partial charge in [-0.1, -0.05) is 146 Å². The minimum Gasteiger partial charge on any atom is -0.452 e. The first-order valence-corrected chi connectivity index (χ1v) is 22.7. The summed E-state index contributed by atoms with van der Waals surface area (Å²) in [7, 11) is 0. The lowest BCUT2D eigenvalue weighted by Gasteiger charge is -2.32. The van der Waals surface area contributed by atoms with Gasteiger partial charge in [-0.2, -0.15) is 0 Å². The zero-order valence-corrected chi connectivity index (χ0v) is 35.9. The van der Waals surface area contributed by atoms with Crippen LogP contribution in [0.2, 0.25) is 0 Å². The second-order valence-electron chi connectivity index (χ2n) is 17.7. The van der Waals surface area contributed by atoms with Crippen molar-refractivity contribution in [2.45, 2.75) is 6.42 Å². The lowest BCUT2D eigenvalue weighted by molar-refractivity contribution is 0.633.